The van der Waals surface area contributed by atoms with Gasteiger partial charge in [-0.2, -0.15) is 0 Å². The van der Waals surface area contributed by atoms with Crippen molar-refractivity contribution in [2.75, 3.05) is 12.5 Å². The second kappa shape index (κ2) is 6.79. The fourth-order valence-electron chi connectivity index (χ4n) is 3.35. The van der Waals surface area contributed by atoms with Crippen LogP contribution in [-0.4, -0.2) is 38.1 Å². The van der Waals surface area contributed by atoms with Gasteiger partial charge >= 0.3 is 0 Å². The summed E-state index contributed by atoms with van der Waals surface area (Å²) in [7, 11) is 0. The number of para-hydroxylation sites is 1. The van der Waals surface area contributed by atoms with Crippen molar-refractivity contribution in [2.45, 2.75) is 18.6 Å². The lowest BCUT2D eigenvalue weighted by Crippen LogP contribution is -2.04. The van der Waals surface area contributed by atoms with Crippen molar-refractivity contribution < 1.29 is 14.3 Å². The molecule has 1 aliphatic rings. The molecule has 0 spiro atoms. The highest BCUT2D eigenvalue weighted by atomic mass is 32.2. The Balaban J connectivity index is 1.41. The van der Waals surface area contributed by atoms with E-state index in [1.165, 1.54) is 11.8 Å². The molecule has 2 aromatic carbocycles. The van der Waals surface area contributed by atoms with Crippen LogP contribution in [0.1, 0.15) is 17.3 Å². The summed E-state index contributed by atoms with van der Waals surface area (Å²) in [4.78, 5) is 17.2. The van der Waals surface area contributed by atoms with E-state index < -0.39 is 0 Å². The zero-order valence-corrected chi connectivity index (χ0v) is 15.9. The molecule has 7 nitrogen and oxygen atoms in total. The average molecular weight is 392 g/mol. The number of ketones is 1. The molecule has 0 bridgehead atoms. The van der Waals surface area contributed by atoms with E-state index in [1.807, 2.05) is 18.2 Å². The molecular formula is C20H16N4O3S. The predicted octanol–water partition coefficient (Wildman–Crippen LogP) is 3.70. The number of carbonyl (C=O) groups excluding carboxylic acids is 1. The minimum atomic E-state index is -0.0250. The SMILES string of the molecule is CCn1c2ccccc2c2nnc(SCC(=O)c3ccc4c(c3)OCO4)nc21. The molecule has 0 saturated heterocycles. The fraction of sp³-hybridized carbons (Fsp3) is 0.200. The zero-order chi connectivity index (χ0) is 19.1. The van der Waals surface area contributed by atoms with E-state index in [0.29, 0.717) is 22.2 Å². The first-order valence-electron chi connectivity index (χ1n) is 8.92. The van der Waals surface area contributed by atoms with Gasteiger partial charge in [-0.1, -0.05) is 30.0 Å². The number of benzene rings is 2. The van der Waals surface area contributed by atoms with Crippen molar-refractivity contribution in [2.24, 2.45) is 0 Å². The Morgan fingerprint density at radius 2 is 2.00 bits per heavy atom. The Labute approximate surface area is 164 Å². The molecular weight excluding hydrogens is 376 g/mol. The molecule has 0 aliphatic carbocycles. The summed E-state index contributed by atoms with van der Waals surface area (Å²) in [5.41, 5.74) is 3.23. The molecule has 1 aliphatic heterocycles. The highest BCUT2D eigenvalue weighted by molar-refractivity contribution is 7.99. The summed E-state index contributed by atoms with van der Waals surface area (Å²) in [5.74, 6) is 1.46. The molecule has 5 rings (SSSR count). The van der Waals surface area contributed by atoms with E-state index in [9.17, 15) is 4.79 Å². The third-order valence-electron chi connectivity index (χ3n) is 4.70. The summed E-state index contributed by atoms with van der Waals surface area (Å²) in [5, 5.41) is 10.1. The minimum Gasteiger partial charge on any atom is -0.454 e. The first-order chi connectivity index (χ1) is 13.7. The summed E-state index contributed by atoms with van der Waals surface area (Å²) in [6.07, 6.45) is 0. The number of hydrogen-bond donors (Lipinski definition) is 0. The van der Waals surface area contributed by atoms with Gasteiger partial charge in [0.05, 0.1) is 11.3 Å². The lowest BCUT2D eigenvalue weighted by molar-refractivity contribution is 0.102. The first-order valence-corrected chi connectivity index (χ1v) is 9.90. The van der Waals surface area contributed by atoms with Crippen molar-refractivity contribution in [1.29, 1.82) is 0 Å². The van der Waals surface area contributed by atoms with Crippen LogP contribution in [0.3, 0.4) is 0 Å². The van der Waals surface area contributed by atoms with Crippen molar-refractivity contribution in [3.8, 4) is 11.5 Å². The van der Waals surface area contributed by atoms with Crippen LogP contribution in [0.15, 0.2) is 47.6 Å². The van der Waals surface area contributed by atoms with Crippen molar-refractivity contribution in [3.05, 3.63) is 48.0 Å². The number of aromatic nitrogens is 4. The molecule has 8 heteroatoms. The van der Waals surface area contributed by atoms with Gasteiger partial charge in [0.25, 0.3) is 0 Å². The fourth-order valence-corrected chi connectivity index (χ4v) is 4.03. The normalized spacial score (nSPS) is 12.8. The monoisotopic (exact) mass is 392 g/mol. The molecule has 4 aromatic rings. The van der Waals surface area contributed by atoms with Crippen LogP contribution in [0, 0.1) is 0 Å². The average Bonchev–Trinajstić information content (AvgIpc) is 3.33. The van der Waals surface area contributed by atoms with Crippen LogP contribution in [-0.2, 0) is 6.54 Å². The lowest BCUT2D eigenvalue weighted by atomic mass is 10.1. The molecule has 28 heavy (non-hydrogen) atoms. The topological polar surface area (TPSA) is 79.1 Å². The quantitative estimate of drug-likeness (QED) is 0.378. The Hall–Kier alpha value is -3.13. The third-order valence-corrected chi connectivity index (χ3v) is 5.54. The second-order valence-electron chi connectivity index (χ2n) is 6.31. The van der Waals surface area contributed by atoms with Crippen LogP contribution < -0.4 is 9.47 Å². The molecule has 0 saturated carbocycles. The van der Waals surface area contributed by atoms with E-state index in [1.54, 1.807) is 18.2 Å². The smallest absolute Gasteiger partial charge is 0.231 e. The summed E-state index contributed by atoms with van der Waals surface area (Å²) >= 11 is 1.28. The number of thioether (sulfide) groups is 1. The lowest BCUT2D eigenvalue weighted by Gasteiger charge is -2.04. The maximum atomic E-state index is 12.5. The van der Waals surface area contributed by atoms with Gasteiger partial charge < -0.3 is 14.0 Å². The Morgan fingerprint density at radius 1 is 1.14 bits per heavy atom. The Bertz CT molecular complexity index is 1220. The van der Waals surface area contributed by atoms with E-state index >= 15 is 0 Å². The van der Waals surface area contributed by atoms with Gasteiger partial charge in [-0.05, 0) is 31.2 Å². The van der Waals surface area contributed by atoms with Gasteiger partial charge in [0.15, 0.2) is 22.9 Å². The number of Topliss-reactive ketones (excluding diaryl/α,β-unsaturated/α-hetero) is 1. The van der Waals surface area contributed by atoms with Gasteiger partial charge in [0.2, 0.25) is 11.9 Å². The van der Waals surface area contributed by atoms with Gasteiger partial charge in [0, 0.05) is 17.5 Å². The molecule has 0 unspecified atom stereocenters. The van der Waals surface area contributed by atoms with Gasteiger partial charge in [-0.3, -0.25) is 4.79 Å². The van der Waals surface area contributed by atoms with E-state index in [2.05, 4.69) is 32.7 Å². The number of carbonyl (C=O) groups is 1. The van der Waals surface area contributed by atoms with Crippen LogP contribution in [0.25, 0.3) is 22.1 Å². The Morgan fingerprint density at radius 3 is 2.89 bits per heavy atom. The number of nitrogens with zero attached hydrogens (tertiary/aromatic N) is 4. The largest absolute Gasteiger partial charge is 0.454 e. The van der Waals surface area contributed by atoms with E-state index in [4.69, 9.17) is 9.47 Å². The van der Waals surface area contributed by atoms with Crippen LogP contribution in [0.4, 0.5) is 0 Å². The zero-order valence-electron chi connectivity index (χ0n) is 15.1. The summed E-state index contributed by atoms with van der Waals surface area (Å²) in [6.45, 7) is 3.04. The number of aryl methyl sites for hydroxylation is 1. The van der Waals surface area contributed by atoms with Crippen molar-refractivity contribution in [1.82, 2.24) is 19.7 Å². The van der Waals surface area contributed by atoms with Crippen molar-refractivity contribution >= 4 is 39.6 Å². The van der Waals surface area contributed by atoms with E-state index in [-0.39, 0.29) is 18.3 Å². The molecule has 0 fully saturated rings. The molecule has 140 valence electrons. The van der Waals surface area contributed by atoms with Crippen LogP contribution in [0.5, 0.6) is 11.5 Å². The minimum absolute atomic E-state index is 0.0250. The number of ether oxygens (including phenoxy) is 2. The molecule has 2 aromatic heterocycles. The Kier molecular flexibility index (Phi) is 4.12. The number of hydrogen-bond acceptors (Lipinski definition) is 7. The molecule has 0 amide bonds. The van der Waals surface area contributed by atoms with E-state index in [0.717, 1.165) is 28.6 Å². The molecule has 0 atom stereocenters. The van der Waals surface area contributed by atoms with Gasteiger partial charge in [-0.25, -0.2) is 4.98 Å². The van der Waals surface area contributed by atoms with Crippen LogP contribution >= 0.6 is 11.8 Å². The highest BCUT2D eigenvalue weighted by Gasteiger charge is 2.18. The second-order valence-corrected chi connectivity index (χ2v) is 7.25. The molecule has 3 heterocycles. The predicted molar refractivity (Wildman–Crippen MR) is 106 cm³/mol. The highest BCUT2D eigenvalue weighted by Crippen LogP contribution is 2.33. The molecule has 0 radical (unpaired) electrons. The number of fused-ring (bicyclic) bond motifs is 4. The summed E-state index contributed by atoms with van der Waals surface area (Å²) in [6, 6.07) is 13.3. The third kappa shape index (κ3) is 2.77. The summed E-state index contributed by atoms with van der Waals surface area (Å²) < 4.78 is 12.7. The van der Waals surface area contributed by atoms with Crippen LogP contribution in [0.2, 0.25) is 0 Å². The maximum absolute atomic E-state index is 12.5. The standard InChI is InChI=1S/C20H16N4O3S/c1-2-24-14-6-4-3-5-13(14)18-19(24)21-20(23-22-18)28-10-15(25)12-7-8-16-17(9-12)27-11-26-16/h3-9H,2,10-11H2,1H3. The first kappa shape index (κ1) is 17.0. The number of rotatable bonds is 5. The maximum Gasteiger partial charge on any atom is 0.231 e. The molecule has 0 N–H and O–H groups in total. The van der Waals surface area contributed by atoms with Crippen molar-refractivity contribution in [3.63, 3.8) is 0 Å². The van der Waals surface area contributed by atoms with Gasteiger partial charge in [0.1, 0.15) is 5.52 Å². The van der Waals surface area contributed by atoms with Gasteiger partial charge in [-0.15, -0.1) is 10.2 Å².